The fraction of sp³-hybridized carbons (Fsp3) is 0.421. The normalized spacial score (nSPS) is 9.42. The van der Waals surface area contributed by atoms with Gasteiger partial charge in [-0.2, -0.15) is 0 Å². The lowest BCUT2D eigenvalue weighted by molar-refractivity contribution is 0.0590. The second-order valence-corrected chi connectivity index (χ2v) is 4.89. The van der Waals surface area contributed by atoms with Gasteiger partial charge in [-0.25, -0.2) is 4.79 Å². The number of aliphatic hydroxyl groups excluding tert-OH is 1. The van der Waals surface area contributed by atoms with E-state index in [2.05, 4.69) is 11.8 Å². The van der Waals surface area contributed by atoms with Crippen molar-refractivity contribution in [2.75, 3.05) is 14.2 Å². The third kappa shape index (κ3) is 3.10. The summed E-state index contributed by atoms with van der Waals surface area (Å²) < 4.78 is 12.0. The number of benzene rings is 1. The van der Waals surface area contributed by atoms with E-state index >= 15 is 0 Å². The molecule has 0 amide bonds. The van der Waals surface area contributed by atoms with Crippen LogP contribution in [0.1, 0.15) is 49.0 Å². The maximum absolute atomic E-state index is 11.9. The molecule has 0 aliphatic rings. The summed E-state index contributed by atoms with van der Waals surface area (Å²) in [5, 5.41) is 10.5. The second kappa shape index (κ2) is 8.42. The van der Waals surface area contributed by atoms with Crippen LogP contribution in [0.3, 0.4) is 0 Å². The first-order chi connectivity index (χ1) is 10.5. The number of carbonyl (C=O) groups excluding carboxylic acids is 1. The fourth-order valence-corrected chi connectivity index (χ4v) is 2.74. The van der Waals surface area contributed by atoms with Gasteiger partial charge in [0.05, 0.1) is 31.9 Å². The van der Waals surface area contributed by atoms with E-state index in [1.165, 1.54) is 7.11 Å². The van der Waals surface area contributed by atoms with E-state index < -0.39 is 5.97 Å². The van der Waals surface area contributed by atoms with E-state index in [9.17, 15) is 9.90 Å². The van der Waals surface area contributed by atoms with Crippen molar-refractivity contribution in [3.8, 4) is 17.6 Å². The summed E-state index contributed by atoms with van der Waals surface area (Å²) in [6, 6.07) is 1.76. The van der Waals surface area contributed by atoms with Gasteiger partial charge in [0.2, 0.25) is 0 Å². The minimum absolute atomic E-state index is 0. The molecule has 0 saturated carbocycles. The highest BCUT2D eigenvalue weighted by atomic mass is 16.5. The molecule has 0 unspecified atom stereocenters. The molecule has 5 heteroatoms. The van der Waals surface area contributed by atoms with Crippen LogP contribution in [0.25, 0.3) is 10.9 Å². The summed E-state index contributed by atoms with van der Waals surface area (Å²) in [7, 11) is 4.68. The van der Waals surface area contributed by atoms with Gasteiger partial charge < -0.3 is 19.1 Å². The number of aryl methyl sites for hydroxylation is 2. The third-order valence-corrected chi connectivity index (χ3v) is 3.83. The quantitative estimate of drug-likeness (QED) is 0.691. The molecule has 24 heavy (non-hydrogen) atoms. The molecule has 0 saturated heterocycles. The minimum Gasteiger partial charge on any atom is -0.495 e. The number of hydrogen-bond acceptors (Lipinski definition) is 4. The molecule has 5 nitrogen and oxygen atoms in total. The molecule has 0 bridgehead atoms. The van der Waals surface area contributed by atoms with Crippen molar-refractivity contribution in [2.24, 2.45) is 7.05 Å². The predicted octanol–water partition coefficient (Wildman–Crippen LogP) is 3.42. The molecule has 1 aromatic carbocycles. The number of aromatic nitrogens is 1. The van der Waals surface area contributed by atoms with Gasteiger partial charge >= 0.3 is 5.97 Å². The highest BCUT2D eigenvalue weighted by molar-refractivity contribution is 6.00. The van der Waals surface area contributed by atoms with Crippen LogP contribution in [0.15, 0.2) is 6.07 Å². The number of fused-ring (bicyclic) bond motifs is 1. The molecule has 2 rings (SSSR count). The maximum atomic E-state index is 11.9. The number of hydrogen-bond donors (Lipinski definition) is 1. The first-order valence-corrected chi connectivity index (χ1v) is 6.82. The minimum atomic E-state index is -0.418. The van der Waals surface area contributed by atoms with E-state index in [0.717, 1.165) is 16.5 Å². The maximum Gasteiger partial charge on any atom is 0.354 e. The van der Waals surface area contributed by atoms with Gasteiger partial charge in [0.25, 0.3) is 0 Å². The summed E-state index contributed by atoms with van der Waals surface area (Å²) in [5.74, 6) is 6.01. The van der Waals surface area contributed by atoms with E-state index in [1.54, 1.807) is 31.7 Å². The average Bonchev–Trinajstić information content (AvgIpc) is 2.87. The van der Waals surface area contributed by atoms with Gasteiger partial charge in [-0.1, -0.05) is 20.8 Å². The Bertz CT molecular complexity index is 807. The molecular weight excluding hydrogens is 306 g/mol. The van der Waals surface area contributed by atoms with Crippen LogP contribution in [-0.2, 0) is 18.4 Å². The number of methoxy groups -OCH3 is 2. The van der Waals surface area contributed by atoms with Crippen molar-refractivity contribution in [3.63, 3.8) is 0 Å². The monoisotopic (exact) mass is 333 g/mol. The molecule has 2 aromatic rings. The number of ether oxygens (including phenoxy) is 2. The Balaban J connectivity index is 0.00000264. The van der Waals surface area contributed by atoms with Crippen LogP contribution in [-0.4, -0.2) is 29.9 Å². The highest BCUT2D eigenvalue weighted by Gasteiger charge is 2.23. The number of esters is 1. The van der Waals surface area contributed by atoms with Crippen molar-refractivity contribution < 1.29 is 19.4 Å². The van der Waals surface area contributed by atoms with Gasteiger partial charge in [-0.15, -0.1) is 5.92 Å². The predicted molar refractivity (Wildman–Crippen MR) is 97.5 cm³/mol. The average molecular weight is 333 g/mol. The van der Waals surface area contributed by atoms with Crippen molar-refractivity contribution in [1.82, 2.24) is 4.57 Å². The topological polar surface area (TPSA) is 60.7 Å². The molecule has 1 aromatic heterocycles. The Hall–Kier alpha value is -2.45. The Morgan fingerprint density at radius 1 is 1.33 bits per heavy atom. The van der Waals surface area contributed by atoms with Crippen molar-refractivity contribution in [2.45, 2.75) is 35.3 Å². The lowest BCUT2D eigenvalue weighted by Crippen LogP contribution is -2.08. The lowest BCUT2D eigenvalue weighted by Gasteiger charge is -2.15. The smallest absolute Gasteiger partial charge is 0.354 e. The number of nitrogens with zero attached hydrogens (tertiary/aromatic N) is 1. The summed E-state index contributed by atoms with van der Waals surface area (Å²) in [6.07, 6.45) is 0. The first-order valence-electron chi connectivity index (χ1n) is 6.82. The van der Waals surface area contributed by atoms with Crippen molar-refractivity contribution >= 4 is 16.9 Å². The van der Waals surface area contributed by atoms with E-state index in [0.29, 0.717) is 22.6 Å². The Labute approximate surface area is 144 Å². The molecule has 0 spiro atoms. The molecule has 0 fully saturated rings. The molecule has 0 aliphatic heterocycles. The van der Waals surface area contributed by atoms with Crippen molar-refractivity contribution in [3.05, 3.63) is 28.5 Å². The summed E-state index contributed by atoms with van der Waals surface area (Å²) in [5.41, 5.74) is 3.42. The number of aliphatic hydroxyl groups is 1. The van der Waals surface area contributed by atoms with Crippen LogP contribution < -0.4 is 4.74 Å². The van der Waals surface area contributed by atoms with Crippen LogP contribution in [0.2, 0.25) is 0 Å². The molecule has 0 aliphatic carbocycles. The fourth-order valence-electron chi connectivity index (χ4n) is 2.74. The Kier molecular flexibility index (Phi) is 7.56. The van der Waals surface area contributed by atoms with Gasteiger partial charge in [0.1, 0.15) is 11.4 Å². The van der Waals surface area contributed by atoms with E-state index in [4.69, 9.17) is 9.47 Å². The zero-order chi connectivity index (χ0) is 16.4. The lowest BCUT2D eigenvalue weighted by atomic mass is 9.98. The number of carbonyl (C=O) groups is 1. The molecule has 0 radical (unpaired) electrons. The molecule has 1 N–H and O–H groups in total. The SMILES string of the molecule is C.C.CC#Cc1c(OC)c(CO)c(C)c2cc(C(=O)OC)n(C)c12. The van der Waals surface area contributed by atoms with Crippen LogP contribution in [0, 0.1) is 18.8 Å². The first kappa shape index (κ1) is 21.6. The van der Waals surface area contributed by atoms with Crippen LogP contribution in [0.5, 0.6) is 5.75 Å². The summed E-state index contributed by atoms with van der Waals surface area (Å²) in [6.45, 7) is 3.46. The summed E-state index contributed by atoms with van der Waals surface area (Å²) >= 11 is 0. The van der Waals surface area contributed by atoms with Gasteiger partial charge in [0, 0.05) is 18.0 Å². The number of rotatable bonds is 3. The largest absolute Gasteiger partial charge is 0.495 e. The summed E-state index contributed by atoms with van der Waals surface area (Å²) in [4.78, 5) is 11.9. The van der Waals surface area contributed by atoms with Crippen LogP contribution in [0.4, 0.5) is 0 Å². The Morgan fingerprint density at radius 2 is 1.96 bits per heavy atom. The van der Waals surface area contributed by atoms with Crippen molar-refractivity contribution in [1.29, 1.82) is 0 Å². The standard InChI is InChI=1S/C17H19NO4.2CH4/c1-6-7-11-15-12(8-14(18(15)3)17(20)22-5)10(2)13(9-19)16(11)21-4;;/h8,19H,9H2,1-5H3;2*1H4. The molecular formula is C19H27NO4. The van der Waals surface area contributed by atoms with Gasteiger partial charge in [-0.05, 0) is 25.5 Å². The van der Waals surface area contributed by atoms with E-state index in [-0.39, 0.29) is 21.5 Å². The van der Waals surface area contributed by atoms with Crippen LogP contribution >= 0.6 is 0 Å². The molecule has 1 heterocycles. The molecule has 132 valence electrons. The molecule has 0 atom stereocenters. The highest BCUT2D eigenvalue weighted by Crippen LogP contribution is 2.37. The van der Waals surface area contributed by atoms with Gasteiger partial charge in [0.15, 0.2) is 0 Å². The van der Waals surface area contributed by atoms with Gasteiger partial charge in [-0.3, -0.25) is 0 Å². The third-order valence-electron chi connectivity index (χ3n) is 3.83. The second-order valence-electron chi connectivity index (χ2n) is 4.89. The zero-order valence-electron chi connectivity index (χ0n) is 13.4. The Morgan fingerprint density at radius 3 is 2.42 bits per heavy atom. The van der Waals surface area contributed by atoms with E-state index in [1.807, 2.05) is 6.92 Å². The zero-order valence-corrected chi connectivity index (χ0v) is 13.4.